The van der Waals surface area contributed by atoms with Crippen LogP contribution in [0.15, 0.2) is 54.9 Å². The van der Waals surface area contributed by atoms with E-state index in [2.05, 4.69) is 15.4 Å². The number of aryl methyl sites for hydroxylation is 1. The van der Waals surface area contributed by atoms with E-state index in [4.69, 9.17) is 4.98 Å². The number of amides is 1. The molecule has 3 aromatic heterocycles. The summed E-state index contributed by atoms with van der Waals surface area (Å²) in [5.41, 5.74) is 4.10. The van der Waals surface area contributed by atoms with Crippen LogP contribution in [-0.2, 0) is 4.79 Å². The average Bonchev–Trinajstić information content (AvgIpc) is 3.08. The Bertz CT molecular complexity index is 1270. The summed E-state index contributed by atoms with van der Waals surface area (Å²) in [5, 5.41) is 7.33. The number of benzene rings is 1. The molecule has 0 aliphatic carbocycles. The number of hydrogen-bond donors (Lipinski definition) is 1. The third-order valence-electron chi connectivity index (χ3n) is 4.82. The second kappa shape index (κ2) is 7.91. The molecule has 0 unspecified atom stereocenters. The number of hydrogen-bond acceptors (Lipinski definition) is 4. The highest BCUT2D eigenvalue weighted by Gasteiger charge is 2.19. The minimum absolute atomic E-state index is 0.0946. The molecule has 0 spiro atoms. The summed E-state index contributed by atoms with van der Waals surface area (Å²) in [7, 11) is 0. The molecule has 1 aromatic carbocycles. The molecule has 3 heterocycles. The average molecular weight is 417 g/mol. The molecule has 4 rings (SSSR count). The lowest BCUT2D eigenvalue weighted by Gasteiger charge is -2.17. The number of pyridine rings is 1. The monoisotopic (exact) mass is 417 g/mol. The maximum Gasteiger partial charge on any atom is 0.226 e. The summed E-state index contributed by atoms with van der Waals surface area (Å²) in [6.07, 6.45) is 3.71. The van der Waals surface area contributed by atoms with Gasteiger partial charge in [-0.05, 0) is 60.4 Å². The molecule has 31 heavy (non-hydrogen) atoms. The zero-order valence-electron chi connectivity index (χ0n) is 18.0. The Morgan fingerprint density at radius 2 is 1.90 bits per heavy atom. The molecule has 6 nitrogen and oxygen atoms in total. The van der Waals surface area contributed by atoms with Crippen molar-refractivity contribution in [3.8, 4) is 22.5 Å². The Morgan fingerprint density at radius 1 is 1.10 bits per heavy atom. The van der Waals surface area contributed by atoms with E-state index >= 15 is 0 Å². The molecule has 7 heteroatoms. The van der Waals surface area contributed by atoms with E-state index in [1.165, 1.54) is 6.07 Å². The summed E-state index contributed by atoms with van der Waals surface area (Å²) in [5.74, 6) is 0.0987. The van der Waals surface area contributed by atoms with Crippen molar-refractivity contribution in [2.45, 2.75) is 34.1 Å². The zero-order chi connectivity index (χ0) is 22.2. The smallest absolute Gasteiger partial charge is 0.226 e. The molecule has 0 atom stereocenters. The van der Waals surface area contributed by atoms with E-state index in [0.717, 1.165) is 16.8 Å². The molecule has 0 saturated heterocycles. The SMILES string of the molecule is Cc1cc(-c2nc3cccnn3c2-c2ccnc(NC(=O)CC(C)(C)C)c2)ccc1F. The van der Waals surface area contributed by atoms with Crippen molar-refractivity contribution in [1.29, 1.82) is 0 Å². The van der Waals surface area contributed by atoms with E-state index < -0.39 is 0 Å². The number of fused-ring (bicyclic) bond motifs is 1. The number of carbonyl (C=O) groups excluding carboxylic acids is 1. The lowest BCUT2D eigenvalue weighted by atomic mass is 9.92. The van der Waals surface area contributed by atoms with Crippen LogP contribution in [0.4, 0.5) is 10.2 Å². The van der Waals surface area contributed by atoms with Crippen molar-refractivity contribution >= 4 is 17.4 Å². The number of anilines is 1. The van der Waals surface area contributed by atoms with E-state index in [9.17, 15) is 9.18 Å². The van der Waals surface area contributed by atoms with Gasteiger partial charge in [0.1, 0.15) is 17.3 Å². The van der Waals surface area contributed by atoms with E-state index in [1.54, 1.807) is 42.0 Å². The van der Waals surface area contributed by atoms with Crippen LogP contribution in [0.3, 0.4) is 0 Å². The van der Waals surface area contributed by atoms with E-state index in [1.807, 2.05) is 39.0 Å². The van der Waals surface area contributed by atoms with Gasteiger partial charge in [0.15, 0.2) is 5.65 Å². The van der Waals surface area contributed by atoms with Gasteiger partial charge < -0.3 is 5.32 Å². The van der Waals surface area contributed by atoms with Gasteiger partial charge in [0.05, 0.1) is 5.69 Å². The molecule has 0 saturated carbocycles. The summed E-state index contributed by atoms with van der Waals surface area (Å²) < 4.78 is 15.6. The molecule has 158 valence electrons. The van der Waals surface area contributed by atoms with Crippen LogP contribution in [0.5, 0.6) is 0 Å². The molecular formula is C24H24FN5O. The molecule has 0 aliphatic rings. The first-order valence-corrected chi connectivity index (χ1v) is 10.1. The lowest BCUT2D eigenvalue weighted by Crippen LogP contribution is -2.20. The van der Waals surface area contributed by atoms with Gasteiger partial charge >= 0.3 is 0 Å². The first kappa shape index (κ1) is 20.7. The third-order valence-corrected chi connectivity index (χ3v) is 4.82. The highest BCUT2D eigenvalue weighted by atomic mass is 19.1. The van der Waals surface area contributed by atoms with Crippen molar-refractivity contribution in [3.05, 3.63) is 66.2 Å². The molecule has 1 amide bonds. The number of nitrogens with zero attached hydrogens (tertiary/aromatic N) is 4. The van der Waals surface area contributed by atoms with Crippen LogP contribution in [0.1, 0.15) is 32.8 Å². The maximum absolute atomic E-state index is 13.8. The standard InChI is InChI=1S/C24H24FN5O/c1-15-12-16(7-8-18(15)25)22-23(30-20(29-22)6-5-10-27-30)17-9-11-26-19(13-17)28-21(31)14-24(2,3)4/h5-13H,14H2,1-4H3,(H,26,28,31). The van der Waals surface area contributed by atoms with E-state index in [-0.39, 0.29) is 17.1 Å². The van der Waals surface area contributed by atoms with Crippen molar-refractivity contribution in [2.24, 2.45) is 5.41 Å². The summed E-state index contributed by atoms with van der Waals surface area (Å²) in [6, 6.07) is 12.3. The Morgan fingerprint density at radius 3 is 2.65 bits per heavy atom. The summed E-state index contributed by atoms with van der Waals surface area (Å²) in [6.45, 7) is 7.76. The number of aromatic nitrogens is 4. The van der Waals surface area contributed by atoms with Crippen LogP contribution in [0, 0.1) is 18.2 Å². The zero-order valence-corrected chi connectivity index (χ0v) is 18.0. The molecule has 0 fully saturated rings. The van der Waals surface area contributed by atoms with Crippen molar-refractivity contribution in [2.75, 3.05) is 5.32 Å². The molecule has 0 radical (unpaired) electrons. The van der Waals surface area contributed by atoms with Crippen molar-refractivity contribution < 1.29 is 9.18 Å². The lowest BCUT2D eigenvalue weighted by molar-refractivity contribution is -0.117. The fourth-order valence-corrected chi connectivity index (χ4v) is 3.46. The van der Waals surface area contributed by atoms with Gasteiger partial charge in [-0.3, -0.25) is 4.79 Å². The first-order chi connectivity index (χ1) is 14.7. The van der Waals surface area contributed by atoms with Gasteiger partial charge in [-0.15, -0.1) is 0 Å². The first-order valence-electron chi connectivity index (χ1n) is 10.1. The van der Waals surface area contributed by atoms with Crippen LogP contribution in [0.2, 0.25) is 0 Å². The normalized spacial score (nSPS) is 11.6. The third kappa shape index (κ3) is 4.45. The van der Waals surface area contributed by atoms with Crippen molar-refractivity contribution in [1.82, 2.24) is 19.6 Å². The molecule has 4 aromatic rings. The Hall–Kier alpha value is -3.61. The quantitative estimate of drug-likeness (QED) is 0.490. The second-order valence-corrected chi connectivity index (χ2v) is 8.78. The molecule has 0 bridgehead atoms. The number of halogens is 1. The Labute approximate surface area is 180 Å². The van der Waals surface area contributed by atoms with Crippen LogP contribution >= 0.6 is 0 Å². The highest BCUT2D eigenvalue weighted by molar-refractivity contribution is 5.91. The summed E-state index contributed by atoms with van der Waals surface area (Å²) in [4.78, 5) is 21.4. The number of imidazole rings is 1. The Balaban J connectivity index is 1.81. The van der Waals surface area contributed by atoms with Gasteiger partial charge in [-0.2, -0.15) is 5.10 Å². The van der Waals surface area contributed by atoms with Crippen LogP contribution in [0.25, 0.3) is 28.2 Å². The van der Waals surface area contributed by atoms with Crippen LogP contribution in [-0.4, -0.2) is 25.5 Å². The van der Waals surface area contributed by atoms with Gasteiger partial charge in [0.25, 0.3) is 0 Å². The predicted octanol–water partition coefficient (Wildman–Crippen LogP) is 5.28. The van der Waals surface area contributed by atoms with Crippen LogP contribution < -0.4 is 5.32 Å². The number of carbonyl (C=O) groups is 1. The maximum atomic E-state index is 13.8. The van der Waals surface area contributed by atoms with Crippen molar-refractivity contribution in [3.63, 3.8) is 0 Å². The van der Waals surface area contributed by atoms with Gasteiger partial charge in [0.2, 0.25) is 5.91 Å². The summed E-state index contributed by atoms with van der Waals surface area (Å²) >= 11 is 0. The van der Waals surface area contributed by atoms with Gasteiger partial charge in [-0.1, -0.05) is 20.8 Å². The number of rotatable bonds is 4. The molecular weight excluding hydrogens is 393 g/mol. The van der Waals surface area contributed by atoms with Gasteiger partial charge in [0, 0.05) is 29.9 Å². The topological polar surface area (TPSA) is 72.2 Å². The largest absolute Gasteiger partial charge is 0.311 e. The highest BCUT2D eigenvalue weighted by Crippen LogP contribution is 2.33. The Kier molecular flexibility index (Phi) is 5.27. The molecule has 1 N–H and O–H groups in total. The minimum atomic E-state index is -0.264. The second-order valence-electron chi connectivity index (χ2n) is 8.78. The minimum Gasteiger partial charge on any atom is -0.311 e. The van der Waals surface area contributed by atoms with Gasteiger partial charge in [-0.25, -0.2) is 18.9 Å². The predicted molar refractivity (Wildman–Crippen MR) is 119 cm³/mol. The fraction of sp³-hybridized carbons (Fsp3) is 0.250. The fourth-order valence-electron chi connectivity index (χ4n) is 3.46. The number of nitrogens with one attached hydrogen (secondary N) is 1. The van der Waals surface area contributed by atoms with E-state index in [0.29, 0.717) is 29.1 Å². The molecule has 0 aliphatic heterocycles.